The first-order chi connectivity index (χ1) is 37.1. The first kappa shape index (κ1) is 63.9. The third-order valence-electron chi connectivity index (χ3n) is 14.8. The zero-order valence-corrected chi connectivity index (χ0v) is 49.4. The van der Waals surface area contributed by atoms with Crippen LogP contribution in [0.5, 0.6) is 5.75 Å². The summed E-state index contributed by atoms with van der Waals surface area (Å²) in [5, 5.41) is 19.4. The minimum Gasteiger partial charge on any atom is -0.481 e. The maximum atomic E-state index is 14.4. The second kappa shape index (κ2) is 28.5. The summed E-state index contributed by atoms with van der Waals surface area (Å²) in [6.45, 7) is 13.9. The number of aromatic nitrogens is 1. The van der Waals surface area contributed by atoms with Crippen molar-refractivity contribution in [3.05, 3.63) is 39.8 Å². The highest BCUT2D eigenvalue weighted by Gasteiger charge is 2.42. The molecule has 8 atom stereocenters. The number of rotatable bonds is 19. The standard InChI is InChI=1S/C54H76N8O14S3/c1-12-30(4)46(58-53(74)54(7,8)59(9)10)51(71)60(11)37(29(2)3)24-39(75-32(6)63)48-57-36(27-77-48)47(68)55-34(21-31(5)52(72)73)22-33-17-18-38-35(23-33)56-42(64)15-13-19-61-43(65)25-40(49(61)69)78-28-79-41-26-44(66)62(50(41)70)20-14-16-45(67)76-38/h17-18,23,27,29-31,34,37,39-41,46H,12-16,19-22,24-26,28H2,1-11H3,(H,55,68)(H,56,64)(H,58,74)(H,72,73)/t30-,31?,34+,37+,39+,40?,41?,46-/m0/s1. The summed E-state index contributed by atoms with van der Waals surface area (Å²) in [5.41, 5.74) is -0.410. The first-order valence-corrected chi connectivity index (χ1v) is 29.6. The lowest BCUT2D eigenvalue weighted by molar-refractivity contribution is -0.149. The van der Waals surface area contributed by atoms with Gasteiger partial charge in [-0.15, -0.1) is 34.9 Å². The monoisotopic (exact) mass is 1160 g/mol. The van der Waals surface area contributed by atoms with Gasteiger partial charge in [0, 0.05) is 81.7 Å². The van der Waals surface area contributed by atoms with Crippen molar-refractivity contribution in [3.8, 4) is 5.75 Å². The molecule has 8 amide bonds. The number of nitrogens with one attached hydrogen (secondary N) is 3. The predicted octanol–water partition coefficient (Wildman–Crippen LogP) is 5.04. The number of amides is 8. The van der Waals surface area contributed by atoms with Crippen LogP contribution < -0.4 is 20.7 Å². The van der Waals surface area contributed by atoms with Gasteiger partial charge < -0.3 is 35.4 Å². The average Bonchev–Trinajstić information content (AvgIpc) is 4.06. The van der Waals surface area contributed by atoms with Gasteiger partial charge in [-0.25, -0.2) is 4.98 Å². The molecule has 0 spiro atoms. The lowest BCUT2D eigenvalue weighted by atomic mass is 9.92. The van der Waals surface area contributed by atoms with Crippen molar-refractivity contribution in [1.29, 1.82) is 0 Å². The van der Waals surface area contributed by atoms with Crippen molar-refractivity contribution in [3.63, 3.8) is 0 Å². The first-order valence-electron chi connectivity index (χ1n) is 26.6. The van der Waals surface area contributed by atoms with E-state index in [0.717, 1.165) is 21.1 Å². The number of ether oxygens (including phenoxy) is 2. The number of aliphatic carboxylic acids is 1. The van der Waals surface area contributed by atoms with Gasteiger partial charge in [-0.1, -0.05) is 47.1 Å². The highest BCUT2D eigenvalue weighted by molar-refractivity contribution is 8.17. The van der Waals surface area contributed by atoms with Crippen LogP contribution in [-0.4, -0.2) is 168 Å². The third-order valence-corrected chi connectivity index (χ3v) is 18.3. The van der Waals surface area contributed by atoms with Crippen molar-refractivity contribution in [2.24, 2.45) is 17.8 Å². The number of likely N-dealkylation sites (N-methyl/N-ethyl adjacent to an activating group) is 2. The Kier molecular flexibility index (Phi) is 23.0. The molecule has 4 N–H and O–H groups in total. The summed E-state index contributed by atoms with van der Waals surface area (Å²) in [6, 6.07) is 2.32. The molecule has 2 aromatic rings. The fourth-order valence-corrected chi connectivity index (χ4v) is 12.7. The highest BCUT2D eigenvalue weighted by atomic mass is 32.2. The molecular formula is C54H76N8O14S3. The third kappa shape index (κ3) is 17.1. The van der Waals surface area contributed by atoms with Gasteiger partial charge in [-0.3, -0.25) is 67.4 Å². The smallest absolute Gasteiger partial charge is 0.311 e. The fraction of sp³-hybridized carbons (Fsp3) is 0.630. The maximum Gasteiger partial charge on any atom is 0.311 e. The van der Waals surface area contributed by atoms with Crippen molar-refractivity contribution >= 4 is 106 Å². The van der Waals surface area contributed by atoms with E-state index in [4.69, 9.17) is 9.47 Å². The molecule has 1 aromatic heterocycles. The zero-order chi connectivity index (χ0) is 58.6. The SMILES string of the molecule is CC[C@H](C)[C@H](NC(=O)C(C)(C)N(C)C)C(=O)N(C)[C@H](C[C@@H](OC(C)=O)c1nc(C(=O)N[C@@H](Cc2ccc3c(c2)NC(=O)CCCN2C(=O)CC(SCSC4CC(=O)N(CCCC(=O)O3)C4=O)C2=O)CC(C)C(=O)O)cs1)C(C)C. The van der Waals surface area contributed by atoms with Crippen LogP contribution in [0, 0.1) is 17.8 Å². The van der Waals surface area contributed by atoms with Gasteiger partial charge in [0.25, 0.3) is 5.91 Å². The molecule has 0 saturated carbocycles. The van der Waals surface area contributed by atoms with E-state index in [1.165, 1.54) is 54.9 Å². The van der Waals surface area contributed by atoms with Gasteiger partial charge >= 0.3 is 17.9 Å². The topological polar surface area (TPSA) is 288 Å². The Labute approximate surface area is 473 Å². The highest BCUT2D eigenvalue weighted by Crippen LogP contribution is 2.35. The molecule has 2 saturated heterocycles. The van der Waals surface area contributed by atoms with Crippen LogP contribution in [0.2, 0.25) is 0 Å². The summed E-state index contributed by atoms with van der Waals surface area (Å²) in [5.74, 6) is -7.23. The molecule has 3 unspecified atom stereocenters. The van der Waals surface area contributed by atoms with Crippen molar-refractivity contribution in [1.82, 2.24) is 35.2 Å². The Morgan fingerprint density at radius 2 is 1.51 bits per heavy atom. The number of esters is 2. The molecule has 5 rings (SSSR count). The molecule has 79 heavy (non-hydrogen) atoms. The van der Waals surface area contributed by atoms with E-state index < -0.39 is 87.7 Å². The van der Waals surface area contributed by atoms with Crippen LogP contribution in [0.4, 0.5) is 5.69 Å². The number of carboxylic acids is 1. The Balaban J connectivity index is 1.37. The van der Waals surface area contributed by atoms with E-state index in [0.29, 0.717) is 17.1 Å². The number of hydrogen-bond acceptors (Lipinski definition) is 18. The number of carbonyl (C=O) groups is 11. The summed E-state index contributed by atoms with van der Waals surface area (Å²) in [6.07, 6.45) is -0.486. The molecule has 3 aliphatic rings. The van der Waals surface area contributed by atoms with E-state index in [1.807, 2.05) is 27.7 Å². The lowest BCUT2D eigenvalue weighted by Crippen LogP contribution is -2.60. The lowest BCUT2D eigenvalue weighted by Gasteiger charge is -2.38. The van der Waals surface area contributed by atoms with E-state index in [9.17, 15) is 57.8 Å². The Morgan fingerprint density at radius 1 is 0.899 bits per heavy atom. The molecule has 434 valence electrons. The molecule has 1 aromatic carbocycles. The van der Waals surface area contributed by atoms with Gasteiger partial charge in [-0.05, 0) is 83.2 Å². The second-order valence-electron chi connectivity index (χ2n) is 21.5. The Hall–Kier alpha value is -5.92. The van der Waals surface area contributed by atoms with Crippen LogP contribution in [0.15, 0.2) is 23.6 Å². The number of anilines is 1. The Morgan fingerprint density at radius 3 is 2.06 bits per heavy atom. The molecule has 0 aliphatic carbocycles. The maximum absolute atomic E-state index is 14.4. The molecule has 2 fully saturated rings. The minimum absolute atomic E-state index is 0.0181. The number of carbonyl (C=O) groups excluding carboxylic acids is 10. The molecule has 4 heterocycles. The van der Waals surface area contributed by atoms with Gasteiger partial charge in [0.15, 0.2) is 11.9 Å². The van der Waals surface area contributed by atoms with Crippen LogP contribution >= 0.6 is 34.9 Å². The van der Waals surface area contributed by atoms with Crippen LogP contribution in [0.1, 0.15) is 140 Å². The minimum atomic E-state index is -1.12. The number of benzene rings is 1. The number of imide groups is 2. The molecule has 22 nitrogen and oxygen atoms in total. The fourth-order valence-electron chi connectivity index (χ4n) is 9.18. The summed E-state index contributed by atoms with van der Waals surface area (Å²) in [7, 11) is 5.21. The van der Waals surface area contributed by atoms with Gasteiger partial charge in [0.05, 0.1) is 27.6 Å². The molecule has 25 heteroatoms. The van der Waals surface area contributed by atoms with E-state index in [2.05, 4.69) is 20.9 Å². The molecule has 4 bridgehead atoms. The van der Waals surface area contributed by atoms with Crippen LogP contribution in [0.25, 0.3) is 0 Å². The van der Waals surface area contributed by atoms with E-state index in [-0.39, 0.29) is 128 Å². The number of carboxylic acid groups (broad SMARTS) is 1. The summed E-state index contributed by atoms with van der Waals surface area (Å²) >= 11 is 3.51. The molecule has 3 aliphatic heterocycles. The van der Waals surface area contributed by atoms with Crippen molar-refractivity contribution in [2.75, 3.05) is 44.6 Å². The van der Waals surface area contributed by atoms with Gasteiger partial charge in [-0.2, -0.15) is 0 Å². The Bertz CT molecular complexity index is 2630. The molecule has 0 radical (unpaired) electrons. The van der Waals surface area contributed by atoms with E-state index >= 15 is 0 Å². The number of hydrogen-bond donors (Lipinski definition) is 4. The number of nitrogens with zero attached hydrogens (tertiary/aromatic N) is 5. The van der Waals surface area contributed by atoms with Crippen molar-refractivity contribution in [2.45, 2.75) is 160 Å². The number of thioether (sulfide) groups is 2. The predicted molar refractivity (Wildman–Crippen MR) is 298 cm³/mol. The number of thiazole rings is 1. The van der Waals surface area contributed by atoms with Crippen LogP contribution in [-0.2, 0) is 59.1 Å². The zero-order valence-electron chi connectivity index (χ0n) is 46.9. The number of fused-ring (bicyclic) bond motifs is 5. The van der Waals surface area contributed by atoms with Gasteiger partial charge in [0.1, 0.15) is 16.7 Å². The summed E-state index contributed by atoms with van der Waals surface area (Å²) < 4.78 is 11.5. The normalized spacial score (nSPS) is 20.3. The molecular weight excluding hydrogens is 1080 g/mol. The van der Waals surface area contributed by atoms with Crippen molar-refractivity contribution < 1.29 is 67.3 Å². The quantitative estimate of drug-likeness (QED) is 0.0814. The second-order valence-corrected chi connectivity index (χ2v) is 25.1. The van der Waals surface area contributed by atoms with Crippen LogP contribution in [0.3, 0.4) is 0 Å². The largest absolute Gasteiger partial charge is 0.481 e. The summed E-state index contributed by atoms with van der Waals surface area (Å²) in [4.78, 5) is 156. The van der Waals surface area contributed by atoms with Gasteiger partial charge in [0.2, 0.25) is 41.4 Å². The average molecular weight is 1160 g/mol. The van der Waals surface area contributed by atoms with E-state index in [1.54, 1.807) is 50.9 Å².